The number of halogens is 6. The fourth-order valence-corrected chi connectivity index (χ4v) is 5.67. The summed E-state index contributed by atoms with van der Waals surface area (Å²) in [4.78, 5) is 19.8. The molecule has 1 aliphatic rings. The van der Waals surface area contributed by atoms with E-state index in [2.05, 4.69) is 9.97 Å². The number of benzene rings is 3. The maximum absolute atomic E-state index is 15.7. The van der Waals surface area contributed by atoms with E-state index in [9.17, 15) is 18.7 Å². The van der Waals surface area contributed by atoms with Crippen LogP contribution in [0.25, 0.3) is 22.3 Å². The zero-order valence-corrected chi connectivity index (χ0v) is 25.3. The Labute approximate surface area is 268 Å². The largest absolute Gasteiger partial charge is 0.478 e. The van der Waals surface area contributed by atoms with E-state index in [1.165, 1.54) is 22.8 Å². The molecular formula is C34H24F6N4O4. The number of rotatable bonds is 8. The van der Waals surface area contributed by atoms with Crippen LogP contribution in [0.5, 0.6) is 5.88 Å². The molecule has 0 saturated carbocycles. The number of hydrogen-bond donors (Lipinski definition) is 1. The fourth-order valence-electron chi connectivity index (χ4n) is 5.67. The van der Waals surface area contributed by atoms with E-state index >= 15 is 17.6 Å². The van der Waals surface area contributed by atoms with Crippen LogP contribution >= 0.6 is 0 Å². The van der Waals surface area contributed by atoms with Crippen molar-refractivity contribution in [2.45, 2.75) is 32.9 Å². The minimum Gasteiger partial charge on any atom is -0.478 e. The number of aromatic nitrogens is 3. The Hall–Kier alpha value is -5.42. The molecule has 5 aromatic rings. The van der Waals surface area contributed by atoms with Gasteiger partial charge in [-0.2, -0.15) is 5.26 Å². The molecule has 1 N–H and O–H groups in total. The van der Waals surface area contributed by atoms with Gasteiger partial charge in [0.25, 0.3) is 5.88 Å². The smallest absolute Gasteiger partial charge is 0.335 e. The van der Waals surface area contributed by atoms with Crippen molar-refractivity contribution in [1.82, 2.24) is 14.5 Å². The Balaban J connectivity index is 1.37. The SMILES string of the molecule is CC1(C)COC[C@H]1n1c(Cc2c(F)cc(-c3ccc(F)c(OCc4ccc(C#N)cc4F)n3)c(F)c2F)nc2c(F)cc(C(=O)O)cc21. The number of carboxylic acid groups (broad SMARTS) is 1. The third-order valence-electron chi connectivity index (χ3n) is 8.26. The Bertz CT molecular complexity index is 2160. The first-order valence-electron chi connectivity index (χ1n) is 14.4. The molecule has 0 spiro atoms. The maximum atomic E-state index is 15.7. The molecule has 0 radical (unpaired) electrons. The van der Waals surface area contributed by atoms with Gasteiger partial charge in [0.15, 0.2) is 23.3 Å². The van der Waals surface area contributed by atoms with Gasteiger partial charge in [0.2, 0.25) is 0 Å². The van der Waals surface area contributed by atoms with Crippen molar-refractivity contribution in [3.63, 3.8) is 0 Å². The number of carboxylic acids is 1. The monoisotopic (exact) mass is 666 g/mol. The second-order valence-corrected chi connectivity index (χ2v) is 11.9. The number of nitriles is 1. The second kappa shape index (κ2) is 12.3. The van der Waals surface area contributed by atoms with Gasteiger partial charge in [-0.15, -0.1) is 0 Å². The van der Waals surface area contributed by atoms with Gasteiger partial charge in [0, 0.05) is 28.5 Å². The molecule has 3 heterocycles. The standard InChI is InChI=1S/C34H24F6N4O4/c1-34(2)15-47-14-27(34)44-26-9-18(33(45)46)8-24(38)31(26)43-28(44)11-19-23(37)10-20(30(40)29(19)39)25-6-5-21(35)32(42-25)48-13-17-4-3-16(12-41)7-22(17)36/h3-10,27H,11,13-15H2,1-2H3,(H,45,46)/t27-/m1/s1. The summed E-state index contributed by atoms with van der Waals surface area (Å²) in [6.45, 7) is 3.57. The summed E-state index contributed by atoms with van der Waals surface area (Å²) in [5, 5.41) is 18.4. The van der Waals surface area contributed by atoms with Gasteiger partial charge in [-0.05, 0) is 42.5 Å². The van der Waals surface area contributed by atoms with E-state index in [0.717, 1.165) is 24.3 Å². The first-order valence-corrected chi connectivity index (χ1v) is 14.4. The molecule has 246 valence electrons. The fraction of sp³-hybridized carbons (Fsp3) is 0.235. The van der Waals surface area contributed by atoms with Gasteiger partial charge < -0.3 is 19.1 Å². The number of nitrogens with zero attached hydrogens (tertiary/aromatic N) is 4. The molecule has 1 saturated heterocycles. The van der Waals surface area contributed by atoms with E-state index in [0.29, 0.717) is 6.07 Å². The zero-order valence-electron chi connectivity index (χ0n) is 25.3. The molecule has 8 nitrogen and oxygen atoms in total. The van der Waals surface area contributed by atoms with Crippen LogP contribution in [0, 0.1) is 51.6 Å². The zero-order chi connectivity index (χ0) is 34.5. The Morgan fingerprint density at radius 1 is 1.00 bits per heavy atom. The van der Waals surface area contributed by atoms with Crippen LogP contribution in [0.3, 0.4) is 0 Å². The van der Waals surface area contributed by atoms with Crippen LogP contribution in [-0.2, 0) is 17.8 Å². The topological polar surface area (TPSA) is 110 Å². The highest BCUT2D eigenvalue weighted by molar-refractivity contribution is 5.93. The molecule has 1 aliphatic heterocycles. The number of aromatic carboxylic acids is 1. The lowest BCUT2D eigenvalue weighted by atomic mass is 9.87. The van der Waals surface area contributed by atoms with E-state index in [1.54, 1.807) is 6.07 Å². The predicted molar refractivity (Wildman–Crippen MR) is 158 cm³/mol. The molecule has 0 aliphatic carbocycles. The summed E-state index contributed by atoms with van der Waals surface area (Å²) in [5.41, 5.74) is -2.91. The van der Waals surface area contributed by atoms with Crippen LogP contribution in [0.15, 0.2) is 48.5 Å². The summed E-state index contributed by atoms with van der Waals surface area (Å²) in [5.74, 6) is -9.28. The van der Waals surface area contributed by atoms with Gasteiger partial charge in [-0.1, -0.05) is 19.9 Å². The molecule has 14 heteroatoms. The lowest BCUT2D eigenvalue weighted by molar-refractivity contribution is 0.0696. The van der Waals surface area contributed by atoms with E-state index in [1.807, 2.05) is 13.8 Å². The molecule has 0 unspecified atom stereocenters. The van der Waals surface area contributed by atoms with Crippen LogP contribution in [0.4, 0.5) is 26.3 Å². The molecule has 1 fully saturated rings. The number of hydrogen-bond acceptors (Lipinski definition) is 6. The van der Waals surface area contributed by atoms with Gasteiger partial charge in [-0.25, -0.2) is 41.1 Å². The highest BCUT2D eigenvalue weighted by Crippen LogP contribution is 2.41. The minimum atomic E-state index is -1.61. The summed E-state index contributed by atoms with van der Waals surface area (Å²) in [7, 11) is 0. The molecule has 0 amide bonds. The molecule has 0 bridgehead atoms. The average Bonchev–Trinajstić information content (AvgIpc) is 3.59. The summed E-state index contributed by atoms with van der Waals surface area (Å²) < 4.78 is 103. The Morgan fingerprint density at radius 2 is 1.77 bits per heavy atom. The molecule has 6 rings (SSSR count). The lowest BCUT2D eigenvalue weighted by Gasteiger charge is -2.28. The normalized spacial score (nSPS) is 15.5. The number of ether oxygens (including phenoxy) is 2. The number of pyridine rings is 1. The number of carbonyl (C=O) groups is 1. The van der Waals surface area contributed by atoms with Gasteiger partial charge in [-0.3, -0.25) is 0 Å². The molecule has 1 atom stereocenters. The first kappa shape index (κ1) is 32.5. The van der Waals surface area contributed by atoms with Crippen molar-refractivity contribution in [2.24, 2.45) is 5.41 Å². The quantitative estimate of drug-likeness (QED) is 0.137. The third kappa shape index (κ3) is 5.81. The van der Waals surface area contributed by atoms with Crippen LogP contribution in [0.1, 0.15) is 52.8 Å². The van der Waals surface area contributed by atoms with Crippen molar-refractivity contribution >= 4 is 17.0 Å². The first-order chi connectivity index (χ1) is 22.8. The average molecular weight is 667 g/mol. The molecule has 48 heavy (non-hydrogen) atoms. The predicted octanol–water partition coefficient (Wildman–Crippen LogP) is 7.27. The second-order valence-electron chi connectivity index (χ2n) is 11.9. The highest BCUT2D eigenvalue weighted by Gasteiger charge is 2.40. The number of fused-ring (bicyclic) bond motifs is 1. The molecular weight excluding hydrogens is 642 g/mol. The minimum absolute atomic E-state index is 0.0362. The van der Waals surface area contributed by atoms with Crippen LogP contribution in [-0.4, -0.2) is 38.8 Å². The third-order valence-corrected chi connectivity index (χ3v) is 8.26. The van der Waals surface area contributed by atoms with Gasteiger partial charge >= 0.3 is 5.97 Å². The lowest BCUT2D eigenvalue weighted by Crippen LogP contribution is -2.27. The van der Waals surface area contributed by atoms with Crippen molar-refractivity contribution in [1.29, 1.82) is 5.26 Å². The Kier molecular flexibility index (Phi) is 8.34. The summed E-state index contributed by atoms with van der Waals surface area (Å²) in [6, 6.07) is 9.24. The van der Waals surface area contributed by atoms with Crippen LogP contribution < -0.4 is 4.74 Å². The number of imidazole rings is 1. The van der Waals surface area contributed by atoms with Crippen molar-refractivity contribution in [2.75, 3.05) is 13.2 Å². The van der Waals surface area contributed by atoms with Gasteiger partial charge in [0.1, 0.15) is 29.6 Å². The molecule has 2 aromatic heterocycles. The maximum Gasteiger partial charge on any atom is 0.335 e. The highest BCUT2D eigenvalue weighted by atomic mass is 19.2. The van der Waals surface area contributed by atoms with Crippen molar-refractivity contribution in [3.05, 3.63) is 112 Å². The Morgan fingerprint density at radius 3 is 2.44 bits per heavy atom. The van der Waals surface area contributed by atoms with Crippen molar-refractivity contribution in [3.8, 4) is 23.2 Å². The summed E-state index contributed by atoms with van der Waals surface area (Å²) >= 11 is 0. The van der Waals surface area contributed by atoms with Gasteiger partial charge in [0.05, 0.1) is 47.7 Å². The molecule has 3 aromatic carbocycles. The van der Waals surface area contributed by atoms with E-state index < -0.39 is 88.1 Å². The summed E-state index contributed by atoms with van der Waals surface area (Å²) in [6.07, 6.45) is -0.653. The van der Waals surface area contributed by atoms with Crippen molar-refractivity contribution < 1.29 is 45.7 Å². The van der Waals surface area contributed by atoms with Crippen LogP contribution in [0.2, 0.25) is 0 Å². The van der Waals surface area contributed by atoms with E-state index in [4.69, 9.17) is 14.7 Å². The van der Waals surface area contributed by atoms with E-state index in [-0.39, 0.29) is 46.8 Å².